The highest BCUT2D eigenvalue weighted by Gasteiger charge is 2.18. The molecule has 138 valence electrons. The number of aryl methyl sites for hydroxylation is 1. The summed E-state index contributed by atoms with van der Waals surface area (Å²) in [6.45, 7) is 2.38. The second-order valence-electron chi connectivity index (χ2n) is 5.93. The number of phenolic OH excluding ortho intramolecular Hbond substituents is 1. The first-order chi connectivity index (χ1) is 13.0. The van der Waals surface area contributed by atoms with E-state index in [0.29, 0.717) is 12.2 Å². The summed E-state index contributed by atoms with van der Waals surface area (Å²) in [4.78, 5) is 11.5. The van der Waals surface area contributed by atoms with Crippen molar-refractivity contribution >= 4 is 34.9 Å². The molecule has 3 aromatic carbocycles. The van der Waals surface area contributed by atoms with Crippen molar-refractivity contribution in [1.29, 1.82) is 0 Å². The van der Waals surface area contributed by atoms with Crippen LogP contribution in [0.15, 0.2) is 71.6 Å². The summed E-state index contributed by atoms with van der Waals surface area (Å²) in [7, 11) is 0. The Bertz CT molecular complexity index is 967. The molecular weight excluding hydrogens is 384 g/mol. The Labute approximate surface area is 166 Å². The highest BCUT2D eigenvalue weighted by molar-refractivity contribution is 8.00. The first-order valence-corrected chi connectivity index (χ1v) is 9.33. The Hall–Kier alpha value is -2.70. The molecule has 0 aliphatic carbocycles. The standard InChI is InChI=1S/C20H17ClN2O3S/c1-14-10-11-16(23(25)26)12-19(14)27-22(13-15-6-3-2-4-7-15)18-9-5-8-17(21)20(18)24/h2-12,24H,13H2,1H3. The molecule has 0 fully saturated rings. The highest BCUT2D eigenvalue weighted by Crippen LogP contribution is 2.41. The Balaban J connectivity index is 2.01. The average Bonchev–Trinajstić information content (AvgIpc) is 2.66. The van der Waals surface area contributed by atoms with Crippen molar-refractivity contribution in [3.8, 4) is 5.75 Å². The van der Waals surface area contributed by atoms with E-state index in [9.17, 15) is 15.2 Å². The molecule has 0 amide bonds. The molecule has 0 aliphatic rings. The van der Waals surface area contributed by atoms with E-state index < -0.39 is 4.92 Å². The number of rotatable bonds is 6. The van der Waals surface area contributed by atoms with Crippen LogP contribution >= 0.6 is 23.5 Å². The van der Waals surface area contributed by atoms with E-state index in [1.54, 1.807) is 30.3 Å². The summed E-state index contributed by atoms with van der Waals surface area (Å²) in [5.41, 5.74) is 2.51. The van der Waals surface area contributed by atoms with Crippen LogP contribution in [-0.2, 0) is 6.54 Å². The number of nitro benzene ring substituents is 1. The molecule has 0 unspecified atom stereocenters. The van der Waals surface area contributed by atoms with Crippen molar-refractivity contribution in [2.24, 2.45) is 0 Å². The van der Waals surface area contributed by atoms with Crippen LogP contribution in [0.4, 0.5) is 11.4 Å². The number of hydrogen-bond donors (Lipinski definition) is 1. The third-order valence-electron chi connectivity index (χ3n) is 3.99. The van der Waals surface area contributed by atoms with Crippen LogP contribution in [0, 0.1) is 17.0 Å². The zero-order chi connectivity index (χ0) is 19.4. The van der Waals surface area contributed by atoms with Crippen LogP contribution in [0.5, 0.6) is 5.75 Å². The van der Waals surface area contributed by atoms with Gasteiger partial charge in [0.05, 0.1) is 22.2 Å². The summed E-state index contributed by atoms with van der Waals surface area (Å²) in [6.07, 6.45) is 0. The van der Waals surface area contributed by atoms with E-state index >= 15 is 0 Å². The minimum absolute atomic E-state index is 0.0225. The summed E-state index contributed by atoms with van der Waals surface area (Å²) in [5.74, 6) is -0.0225. The maximum Gasteiger partial charge on any atom is 0.270 e. The van der Waals surface area contributed by atoms with Gasteiger partial charge in [0.15, 0.2) is 5.75 Å². The Kier molecular flexibility index (Phi) is 5.88. The van der Waals surface area contributed by atoms with Gasteiger partial charge in [-0.3, -0.25) is 10.1 Å². The third-order valence-corrected chi connectivity index (χ3v) is 5.48. The number of non-ortho nitro benzene ring substituents is 1. The van der Waals surface area contributed by atoms with E-state index in [1.807, 2.05) is 41.6 Å². The van der Waals surface area contributed by atoms with Crippen molar-refractivity contribution in [2.75, 3.05) is 4.31 Å². The maximum absolute atomic E-state index is 11.1. The van der Waals surface area contributed by atoms with Gasteiger partial charge in [0.25, 0.3) is 5.69 Å². The van der Waals surface area contributed by atoms with Crippen LogP contribution in [-0.4, -0.2) is 10.0 Å². The first-order valence-electron chi connectivity index (χ1n) is 8.17. The molecule has 3 rings (SSSR count). The molecule has 0 bridgehead atoms. The number of halogens is 1. The van der Waals surface area contributed by atoms with E-state index in [2.05, 4.69) is 0 Å². The Morgan fingerprint density at radius 3 is 2.56 bits per heavy atom. The zero-order valence-electron chi connectivity index (χ0n) is 14.5. The number of anilines is 1. The molecule has 0 atom stereocenters. The van der Waals surface area contributed by atoms with E-state index in [-0.39, 0.29) is 16.5 Å². The van der Waals surface area contributed by atoms with Gasteiger partial charge in [-0.2, -0.15) is 0 Å². The normalized spacial score (nSPS) is 10.6. The zero-order valence-corrected chi connectivity index (χ0v) is 16.1. The monoisotopic (exact) mass is 400 g/mol. The largest absolute Gasteiger partial charge is 0.504 e. The van der Waals surface area contributed by atoms with Crippen LogP contribution in [0.1, 0.15) is 11.1 Å². The summed E-state index contributed by atoms with van der Waals surface area (Å²) in [6, 6.07) is 19.7. The fourth-order valence-electron chi connectivity index (χ4n) is 2.54. The second-order valence-corrected chi connectivity index (χ2v) is 7.40. The molecule has 1 N–H and O–H groups in total. The number of nitro groups is 1. The molecule has 0 aromatic heterocycles. The quantitative estimate of drug-likeness (QED) is 0.313. The van der Waals surface area contributed by atoms with Gasteiger partial charge in [-0.15, -0.1) is 0 Å². The highest BCUT2D eigenvalue weighted by atomic mass is 35.5. The summed E-state index contributed by atoms with van der Waals surface area (Å²) >= 11 is 7.41. The number of hydrogen-bond acceptors (Lipinski definition) is 5. The topological polar surface area (TPSA) is 66.6 Å². The minimum Gasteiger partial charge on any atom is -0.504 e. The lowest BCUT2D eigenvalue weighted by molar-refractivity contribution is -0.385. The predicted octanol–water partition coefficient (Wildman–Crippen LogP) is 5.98. The van der Waals surface area contributed by atoms with Crippen molar-refractivity contribution in [3.05, 3.63) is 93.0 Å². The average molecular weight is 401 g/mol. The molecule has 7 heteroatoms. The lowest BCUT2D eigenvalue weighted by Crippen LogP contribution is -2.14. The van der Waals surface area contributed by atoms with Crippen LogP contribution in [0.3, 0.4) is 0 Å². The number of benzene rings is 3. The fraction of sp³-hybridized carbons (Fsp3) is 0.100. The van der Waals surface area contributed by atoms with E-state index in [4.69, 9.17) is 11.6 Å². The van der Waals surface area contributed by atoms with Crippen molar-refractivity contribution in [1.82, 2.24) is 0 Å². The lowest BCUT2D eigenvalue weighted by Gasteiger charge is -2.25. The first kappa shape index (κ1) is 19.1. The minimum atomic E-state index is -0.415. The summed E-state index contributed by atoms with van der Waals surface area (Å²) < 4.78 is 1.88. The molecule has 0 aliphatic heterocycles. The molecule has 0 heterocycles. The predicted molar refractivity (Wildman–Crippen MR) is 109 cm³/mol. The molecule has 0 saturated carbocycles. The van der Waals surface area contributed by atoms with E-state index in [1.165, 1.54) is 18.0 Å². The van der Waals surface area contributed by atoms with Gasteiger partial charge in [-0.1, -0.05) is 54.1 Å². The molecule has 27 heavy (non-hydrogen) atoms. The fourth-order valence-corrected chi connectivity index (χ4v) is 3.79. The van der Waals surface area contributed by atoms with Crippen LogP contribution in [0.25, 0.3) is 0 Å². The van der Waals surface area contributed by atoms with Gasteiger partial charge < -0.3 is 9.41 Å². The van der Waals surface area contributed by atoms with Gasteiger partial charge >= 0.3 is 0 Å². The van der Waals surface area contributed by atoms with Gasteiger partial charge in [0, 0.05) is 17.0 Å². The molecule has 0 spiro atoms. The van der Waals surface area contributed by atoms with Crippen molar-refractivity contribution in [3.63, 3.8) is 0 Å². The SMILES string of the molecule is Cc1ccc([N+](=O)[O-])cc1SN(Cc1ccccc1)c1cccc(Cl)c1O. The smallest absolute Gasteiger partial charge is 0.270 e. The lowest BCUT2D eigenvalue weighted by atomic mass is 10.2. The Morgan fingerprint density at radius 1 is 1.11 bits per heavy atom. The van der Waals surface area contributed by atoms with Crippen LogP contribution < -0.4 is 4.31 Å². The number of aromatic hydroxyl groups is 1. The molecule has 3 aromatic rings. The number of phenols is 1. The van der Waals surface area contributed by atoms with E-state index in [0.717, 1.165) is 16.0 Å². The summed E-state index contributed by atoms with van der Waals surface area (Å²) in [5, 5.41) is 21.8. The van der Waals surface area contributed by atoms with Gasteiger partial charge in [-0.05, 0) is 42.1 Å². The van der Waals surface area contributed by atoms with Gasteiger partial charge in [0.2, 0.25) is 0 Å². The maximum atomic E-state index is 11.1. The molecular formula is C20H17ClN2O3S. The number of nitrogens with zero attached hydrogens (tertiary/aromatic N) is 2. The number of para-hydroxylation sites is 1. The Morgan fingerprint density at radius 2 is 1.85 bits per heavy atom. The second kappa shape index (κ2) is 8.33. The van der Waals surface area contributed by atoms with Crippen molar-refractivity contribution in [2.45, 2.75) is 18.4 Å². The molecule has 0 saturated heterocycles. The van der Waals surface area contributed by atoms with Crippen molar-refractivity contribution < 1.29 is 10.0 Å². The van der Waals surface area contributed by atoms with Gasteiger partial charge in [0.1, 0.15) is 0 Å². The third kappa shape index (κ3) is 4.53. The van der Waals surface area contributed by atoms with Crippen LogP contribution in [0.2, 0.25) is 5.02 Å². The molecule has 0 radical (unpaired) electrons. The molecule has 5 nitrogen and oxygen atoms in total. The van der Waals surface area contributed by atoms with Gasteiger partial charge in [-0.25, -0.2) is 0 Å².